The SMILES string of the molecule is CC(C)(CCC(=O)c1ccc2c(c1)CCCC2)C(=O)O. The van der Waals surface area contributed by atoms with Crippen LogP contribution in [-0.2, 0) is 17.6 Å². The fourth-order valence-corrected chi connectivity index (χ4v) is 2.58. The summed E-state index contributed by atoms with van der Waals surface area (Å²) < 4.78 is 0. The van der Waals surface area contributed by atoms with Crippen LogP contribution in [0, 0.1) is 5.41 Å². The molecule has 0 bridgehead atoms. The lowest BCUT2D eigenvalue weighted by molar-refractivity contribution is -0.147. The van der Waals surface area contributed by atoms with Gasteiger partial charge in [0.1, 0.15) is 0 Å². The summed E-state index contributed by atoms with van der Waals surface area (Å²) in [4.78, 5) is 23.3. The largest absolute Gasteiger partial charge is 0.481 e. The number of benzene rings is 1. The molecule has 1 aromatic rings. The maximum absolute atomic E-state index is 12.2. The van der Waals surface area contributed by atoms with E-state index in [1.807, 2.05) is 12.1 Å². The Morgan fingerprint density at radius 2 is 1.80 bits per heavy atom. The third-order valence-corrected chi connectivity index (χ3v) is 4.23. The number of rotatable bonds is 5. The van der Waals surface area contributed by atoms with Gasteiger partial charge >= 0.3 is 5.97 Å². The molecule has 0 amide bonds. The number of aliphatic carboxylic acids is 1. The average molecular weight is 274 g/mol. The Bertz CT molecular complexity index is 529. The Morgan fingerprint density at radius 1 is 1.15 bits per heavy atom. The van der Waals surface area contributed by atoms with E-state index < -0.39 is 11.4 Å². The minimum Gasteiger partial charge on any atom is -0.481 e. The molecule has 1 aromatic carbocycles. The van der Waals surface area contributed by atoms with Crippen molar-refractivity contribution in [3.63, 3.8) is 0 Å². The van der Waals surface area contributed by atoms with E-state index in [2.05, 4.69) is 6.07 Å². The zero-order valence-electron chi connectivity index (χ0n) is 12.2. The molecule has 20 heavy (non-hydrogen) atoms. The number of aryl methyl sites for hydroxylation is 2. The Morgan fingerprint density at radius 3 is 2.45 bits per heavy atom. The van der Waals surface area contributed by atoms with Crippen LogP contribution in [0.2, 0.25) is 0 Å². The predicted octanol–water partition coefficient (Wildman–Crippen LogP) is 3.64. The quantitative estimate of drug-likeness (QED) is 0.834. The molecule has 0 fully saturated rings. The van der Waals surface area contributed by atoms with E-state index in [0.717, 1.165) is 18.4 Å². The summed E-state index contributed by atoms with van der Waals surface area (Å²) in [7, 11) is 0. The first kappa shape index (κ1) is 14.8. The molecule has 1 N–H and O–H groups in total. The van der Waals surface area contributed by atoms with Gasteiger partial charge in [-0.15, -0.1) is 0 Å². The monoisotopic (exact) mass is 274 g/mol. The first-order valence-corrected chi connectivity index (χ1v) is 7.28. The van der Waals surface area contributed by atoms with Gasteiger partial charge in [0.15, 0.2) is 5.78 Å². The molecule has 0 saturated heterocycles. The summed E-state index contributed by atoms with van der Waals surface area (Å²) in [6, 6.07) is 5.95. The number of Topliss-reactive ketones (excluding diaryl/α,β-unsaturated/α-hetero) is 1. The molecule has 0 unspecified atom stereocenters. The summed E-state index contributed by atoms with van der Waals surface area (Å²) in [5.41, 5.74) is 2.54. The summed E-state index contributed by atoms with van der Waals surface area (Å²) in [6.07, 6.45) is 5.24. The van der Waals surface area contributed by atoms with Crippen LogP contribution in [0.25, 0.3) is 0 Å². The molecular weight excluding hydrogens is 252 g/mol. The van der Waals surface area contributed by atoms with Crippen molar-refractivity contribution in [1.29, 1.82) is 0 Å². The molecule has 0 heterocycles. The van der Waals surface area contributed by atoms with E-state index in [9.17, 15) is 9.59 Å². The van der Waals surface area contributed by atoms with Crippen molar-refractivity contribution >= 4 is 11.8 Å². The maximum Gasteiger partial charge on any atom is 0.309 e. The Hall–Kier alpha value is -1.64. The molecule has 0 aliphatic heterocycles. The lowest BCUT2D eigenvalue weighted by atomic mass is 9.85. The number of hydrogen-bond donors (Lipinski definition) is 1. The Balaban J connectivity index is 2.04. The molecule has 0 spiro atoms. The van der Waals surface area contributed by atoms with Gasteiger partial charge in [-0.25, -0.2) is 0 Å². The molecule has 0 atom stereocenters. The van der Waals surface area contributed by atoms with Gasteiger partial charge in [0.05, 0.1) is 5.41 Å². The molecule has 1 aliphatic carbocycles. The van der Waals surface area contributed by atoms with Crippen LogP contribution >= 0.6 is 0 Å². The van der Waals surface area contributed by atoms with Crippen molar-refractivity contribution in [2.75, 3.05) is 0 Å². The van der Waals surface area contributed by atoms with Crippen LogP contribution in [0.1, 0.15) is 61.0 Å². The third kappa shape index (κ3) is 3.27. The molecule has 1 aliphatic rings. The zero-order valence-corrected chi connectivity index (χ0v) is 12.2. The van der Waals surface area contributed by atoms with Gasteiger partial charge < -0.3 is 5.11 Å². The minimum absolute atomic E-state index is 0.0488. The van der Waals surface area contributed by atoms with Crippen LogP contribution in [0.4, 0.5) is 0 Å². The first-order valence-electron chi connectivity index (χ1n) is 7.28. The highest BCUT2D eigenvalue weighted by Gasteiger charge is 2.27. The highest BCUT2D eigenvalue weighted by molar-refractivity contribution is 5.96. The van der Waals surface area contributed by atoms with Gasteiger partial charge in [0, 0.05) is 12.0 Å². The van der Waals surface area contributed by atoms with Gasteiger partial charge in [-0.05, 0) is 63.1 Å². The number of fused-ring (bicyclic) bond motifs is 1. The summed E-state index contributed by atoms with van der Waals surface area (Å²) in [6.45, 7) is 3.32. The fourth-order valence-electron chi connectivity index (χ4n) is 2.58. The first-order chi connectivity index (χ1) is 9.40. The standard InChI is InChI=1S/C17H22O3/c1-17(2,16(19)20)10-9-15(18)14-8-7-12-5-3-4-6-13(12)11-14/h7-8,11H,3-6,9-10H2,1-2H3,(H,19,20). The number of hydrogen-bond acceptors (Lipinski definition) is 2. The van der Waals surface area contributed by atoms with Crippen molar-refractivity contribution in [2.24, 2.45) is 5.41 Å². The van der Waals surface area contributed by atoms with Gasteiger partial charge in [-0.3, -0.25) is 9.59 Å². The molecular formula is C17H22O3. The third-order valence-electron chi connectivity index (χ3n) is 4.23. The van der Waals surface area contributed by atoms with Crippen LogP contribution in [-0.4, -0.2) is 16.9 Å². The summed E-state index contributed by atoms with van der Waals surface area (Å²) in [5, 5.41) is 9.07. The van der Waals surface area contributed by atoms with E-state index in [4.69, 9.17) is 5.11 Å². The van der Waals surface area contributed by atoms with Crippen LogP contribution in [0.5, 0.6) is 0 Å². The molecule has 2 rings (SSSR count). The minimum atomic E-state index is -0.851. The van der Waals surface area contributed by atoms with Crippen molar-refractivity contribution < 1.29 is 14.7 Å². The molecule has 108 valence electrons. The number of carbonyl (C=O) groups excluding carboxylic acids is 1. The second kappa shape index (κ2) is 5.78. The normalized spacial score (nSPS) is 14.7. The molecule has 0 radical (unpaired) electrons. The van der Waals surface area contributed by atoms with E-state index in [-0.39, 0.29) is 12.2 Å². The van der Waals surface area contributed by atoms with Gasteiger partial charge in [0.25, 0.3) is 0 Å². The Kier molecular flexibility index (Phi) is 4.26. The highest BCUT2D eigenvalue weighted by atomic mass is 16.4. The molecule has 0 aromatic heterocycles. The summed E-state index contributed by atoms with van der Waals surface area (Å²) in [5.74, 6) is -0.802. The molecule has 3 nitrogen and oxygen atoms in total. The van der Waals surface area contributed by atoms with E-state index >= 15 is 0 Å². The second-order valence-electron chi connectivity index (χ2n) is 6.30. The maximum atomic E-state index is 12.2. The second-order valence-corrected chi connectivity index (χ2v) is 6.30. The molecule has 3 heteroatoms. The lowest BCUT2D eigenvalue weighted by Crippen LogP contribution is -2.24. The number of ketones is 1. The predicted molar refractivity (Wildman–Crippen MR) is 78.1 cm³/mol. The van der Waals surface area contributed by atoms with E-state index in [1.54, 1.807) is 13.8 Å². The van der Waals surface area contributed by atoms with Gasteiger partial charge in [-0.2, -0.15) is 0 Å². The van der Waals surface area contributed by atoms with Gasteiger partial charge in [-0.1, -0.05) is 12.1 Å². The van der Waals surface area contributed by atoms with E-state index in [0.29, 0.717) is 6.42 Å². The highest BCUT2D eigenvalue weighted by Crippen LogP contribution is 2.26. The number of carboxylic acids is 1. The number of carbonyl (C=O) groups is 2. The van der Waals surface area contributed by atoms with Crippen molar-refractivity contribution in [2.45, 2.75) is 52.4 Å². The van der Waals surface area contributed by atoms with Crippen LogP contribution in [0.15, 0.2) is 18.2 Å². The summed E-state index contributed by atoms with van der Waals surface area (Å²) >= 11 is 0. The van der Waals surface area contributed by atoms with Gasteiger partial charge in [0.2, 0.25) is 0 Å². The van der Waals surface area contributed by atoms with Crippen molar-refractivity contribution in [3.05, 3.63) is 34.9 Å². The van der Waals surface area contributed by atoms with Crippen molar-refractivity contribution in [3.8, 4) is 0 Å². The smallest absolute Gasteiger partial charge is 0.309 e. The average Bonchev–Trinajstić information content (AvgIpc) is 2.44. The topological polar surface area (TPSA) is 54.4 Å². The fraction of sp³-hybridized carbons (Fsp3) is 0.529. The van der Waals surface area contributed by atoms with E-state index in [1.165, 1.54) is 24.0 Å². The Labute approximate surface area is 120 Å². The van der Waals surface area contributed by atoms with Crippen LogP contribution < -0.4 is 0 Å². The van der Waals surface area contributed by atoms with Crippen LogP contribution in [0.3, 0.4) is 0 Å². The molecule has 0 saturated carbocycles. The van der Waals surface area contributed by atoms with Crippen molar-refractivity contribution in [1.82, 2.24) is 0 Å². The number of carboxylic acid groups (broad SMARTS) is 1. The lowest BCUT2D eigenvalue weighted by Gasteiger charge is -2.19. The zero-order chi connectivity index (χ0) is 14.8.